The van der Waals surface area contributed by atoms with Crippen molar-refractivity contribution in [1.29, 1.82) is 0 Å². The summed E-state index contributed by atoms with van der Waals surface area (Å²) in [5, 5.41) is 3.58. The van der Waals surface area contributed by atoms with E-state index in [2.05, 4.69) is 133 Å². The van der Waals surface area contributed by atoms with Crippen molar-refractivity contribution in [2.24, 2.45) is 5.92 Å². The first kappa shape index (κ1) is 28.4. The Morgan fingerprint density at radius 1 is 0.729 bits per heavy atom. The molecule has 9 rings (SSSR count). The molecule has 2 aliphatic rings. The van der Waals surface area contributed by atoms with Gasteiger partial charge in [0.05, 0.1) is 28.3 Å². The van der Waals surface area contributed by atoms with Crippen LogP contribution in [0.3, 0.4) is 0 Å². The molecule has 0 N–H and O–H groups in total. The number of nitrogens with zero attached hydrogens (tertiary/aromatic N) is 4. The molecule has 3 aromatic carbocycles. The van der Waals surface area contributed by atoms with E-state index in [4.69, 9.17) is 15.0 Å². The van der Waals surface area contributed by atoms with E-state index in [1.165, 1.54) is 32.8 Å². The Morgan fingerprint density at radius 2 is 1.56 bits per heavy atom. The number of allylic oxidation sites excluding steroid dienone is 3. The molecule has 0 radical (unpaired) electrons. The van der Waals surface area contributed by atoms with Crippen molar-refractivity contribution < 1.29 is 0 Å². The molecule has 4 nitrogen and oxygen atoms in total. The van der Waals surface area contributed by atoms with E-state index in [9.17, 15) is 0 Å². The Kier molecular flexibility index (Phi) is 6.93. The summed E-state index contributed by atoms with van der Waals surface area (Å²) in [6.45, 7) is 2.27. The predicted octanol–water partition coefficient (Wildman–Crippen LogP) is 8.92. The fraction of sp³-hybridized carbons (Fsp3) is 0.114. The zero-order valence-corrected chi connectivity index (χ0v) is 26.8. The molecule has 48 heavy (non-hydrogen) atoms. The SMILES string of the molecule is CC[C@H]1C=c2c(ccc3ccc(-c4ccccc4)nc23)=CC=C1c1ccc(-c2c(-c3ccccn3)nc3ccc4c(n23)C=CCC4)cc1. The summed E-state index contributed by atoms with van der Waals surface area (Å²) in [5.41, 5.74) is 13.2. The van der Waals surface area contributed by atoms with Gasteiger partial charge in [-0.15, -0.1) is 0 Å². The largest absolute Gasteiger partial charge is 0.292 e. The second-order valence-corrected chi connectivity index (χ2v) is 12.7. The highest BCUT2D eigenvalue weighted by Gasteiger charge is 2.22. The average molecular weight is 619 g/mol. The normalized spacial score (nSPS) is 15.3. The van der Waals surface area contributed by atoms with E-state index in [1.807, 2.05) is 24.4 Å². The molecule has 0 saturated heterocycles. The molecule has 0 spiro atoms. The standard InChI is InChI=1S/C44H34N4/c1-2-29-28-37-31(15-18-34-22-25-38(46-42(34)37)32-10-4-3-5-11-32)21-24-36(29)30-16-19-35(20-17-30)44-43(39-13-8-9-27-45-39)47-41-26-23-33-12-6-7-14-40(33)48(41)44/h3-5,7-11,13-29H,2,6,12H2,1H3/t29-/m0/s1. The van der Waals surface area contributed by atoms with E-state index < -0.39 is 0 Å². The van der Waals surface area contributed by atoms with Gasteiger partial charge in [-0.3, -0.25) is 9.38 Å². The van der Waals surface area contributed by atoms with E-state index in [-0.39, 0.29) is 5.92 Å². The van der Waals surface area contributed by atoms with Crippen LogP contribution >= 0.6 is 0 Å². The maximum Gasteiger partial charge on any atom is 0.138 e. The highest BCUT2D eigenvalue weighted by atomic mass is 15.0. The zero-order valence-electron chi connectivity index (χ0n) is 26.8. The van der Waals surface area contributed by atoms with Crippen molar-refractivity contribution in [2.45, 2.75) is 26.2 Å². The number of hydrogen-bond acceptors (Lipinski definition) is 3. The van der Waals surface area contributed by atoms with Crippen molar-refractivity contribution >= 4 is 40.4 Å². The minimum Gasteiger partial charge on any atom is -0.292 e. The van der Waals surface area contributed by atoms with Crippen molar-refractivity contribution in [3.63, 3.8) is 0 Å². The van der Waals surface area contributed by atoms with Gasteiger partial charge in [0, 0.05) is 33.8 Å². The van der Waals surface area contributed by atoms with Crippen LogP contribution in [0.5, 0.6) is 0 Å². The minimum absolute atomic E-state index is 0.248. The predicted molar refractivity (Wildman–Crippen MR) is 198 cm³/mol. The molecule has 4 heteroatoms. The molecule has 0 fully saturated rings. The van der Waals surface area contributed by atoms with Crippen LogP contribution in [0.1, 0.15) is 36.6 Å². The van der Waals surface area contributed by atoms with Crippen molar-refractivity contribution in [3.05, 3.63) is 155 Å². The smallest absolute Gasteiger partial charge is 0.138 e. The summed E-state index contributed by atoms with van der Waals surface area (Å²) in [7, 11) is 0. The second kappa shape index (κ2) is 11.7. The third kappa shape index (κ3) is 4.80. The van der Waals surface area contributed by atoms with E-state index in [0.29, 0.717) is 0 Å². The maximum atomic E-state index is 5.20. The molecule has 7 aromatic rings. The molecule has 0 aliphatic heterocycles. The lowest BCUT2D eigenvalue weighted by molar-refractivity contribution is 0.831. The summed E-state index contributed by atoms with van der Waals surface area (Å²) >= 11 is 0. The Bertz CT molecular complexity index is 2520. The summed E-state index contributed by atoms with van der Waals surface area (Å²) in [6.07, 6.45) is 16.5. The lowest BCUT2D eigenvalue weighted by Gasteiger charge is -2.17. The number of aryl methyl sites for hydroxylation is 1. The van der Waals surface area contributed by atoms with E-state index >= 15 is 0 Å². The fourth-order valence-corrected chi connectivity index (χ4v) is 7.35. The Hall–Kier alpha value is -5.87. The number of aromatic nitrogens is 4. The lowest BCUT2D eigenvalue weighted by atomic mass is 9.89. The van der Waals surface area contributed by atoms with Gasteiger partial charge < -0.3 is 0 Å². The molecule has 0 bridgehead atoms. The number of benzene rings is 3. The number of imidazole rings is 1. The van der Waals surface area contributed by atoms with Crippen molar-refractivity contribution in [2.75, 3.05) is 0 Å². The van der Waals surface area contributed by atoms with Gasteiger partial charge in [0.2, 0.25) is 0 Å². The number of rotatable bonds is 5. The molecular formula is C44H34N4. The van der Waals surface area contributed by atoms with Gasteiger partial charge in [0.1, 0.15) is 11.3 Å². The Balaban J connectivity index is 1.15. The fourth-order valence-electron chi connectivity index (χ4n) is 7.35. The van der Waals surface area contributed by atoms with Gasteiger partial charge in [-0.05, 0) is 71.5 Å². The van der Waals surface area contributed by atoms with Gasteiger partial charge in [0.25, 0.3) is 0 Å². The topological polar surface area (TPSA) is 43.1 Å². The second-order valence-electron chi connectivity index (χ2n) is 12.7. The lowest BCUT2D eigenvalue weighted by Crippen LogP contribution is -2.26. The molecular weight excluding hydrogens is 585 g/mol. The summed E-state index contributed by atoms with van der Waals surface area (Å²) in [4.78, 5) is 15.0. The first-order valence-corrected chi connectivity index (χ1v) is 16.9. The summed E-state index contributed by atoms with van der Waals surface area (Å²) in [5.74, 6) is 0.248. The molecule has 0 amide bonds. The third-order valence-electron chi connectivity index (χ3n) is 9.82. The third-order valence-corrected chi connectivity index (χ3v) is 9.82. The van der Waals surface area contributed by atoms with Crippen molar-refractivity contribution in [3.8, 4) is 33.9 Å². The van der Waals surface area contributed by atoms with E-state index in [1.54, 1.807) is 0 Å². The molecule has 1 atom stereocenters. The quantitative estimate of drug-likeness (QED) is 0.194. The minimum atomic E-state index is 0.248. The number of hydrogen-bond donors (Lipinski definition) is 0. The van der Waals surface area contributed by atoms with Crippen LogP contribution in [-0.2, 0) is 6.42 Å². The summed E-state index contributed by atoms with van der Waals surface area (Å²) < 4.78 is 2.32. The van der Waals surface area contributed by atoms with Crippen LogP contribution in [0, 0.1) is 5.92 Å². The van der Waals surface area contributed by atoms with Gasteiger partial charge in [0.15, 0.2) is 0 Å². The van der Waals surface area contributed by atoms with E-state index in [0.717, 1.165) is 69.7 Å². The molecule has 0 saturated carbocycles. The van der Waals surface area contributed by atoms with Crippen LogP contribution in [-0.4, -0.2) is 19.4 Å². The summed E-state index contributed by atoms with van der Waals surface area (Å²) in [6, 6.07) is 38.7. The van der Waals surface area contributed by atoms with Gasteiger partial charge in [-0.2, -0.15) is 0 Å². The van der Waals surface area contributed by atoms with Crippen LogP contribution in [0.4, 0.5) is 0 Å². The maximum absolute atomic E-state index is 5.20. The van der Waals surface area contributed by atoms with Crippen LogP contribution in [0.15, 0.2) is 128 Å². The van der Waals surface area contributed by atoms with Gasteiger partial charge in [-0.25, -0.2) is 9.97 Å². The molecule has 230 valence electrons. The first-order chi connectivity index (χ1) is 23.7. The van der Waals surface area contributed by atoms with Crippen molar-refractivity contribution in [1.82, 2.24) is 19.4 Å². The zero-order chi connectivity index (χ0) is 32.0. The molecule has 2 aliphatic carbocycles. The Morgan fingerprint density at radius 3 is 2.40 bits per heavy atom. The van der Waals surface area contributed by atoms with Crippen LogP contribution < -0.4 is 10.4 Å². The monoisotopic (exact) mass is 618 g/mol. The molecule has 4 heterocycles. The number of fused-ring (bicyclic) bond motifs is 6. The molecule has 0 unspecified atom stereocenters. The highest BCUT2D eigenvalue weighted by Crippen LogP contribution is 2.37. The first-order valence-electron chi connectivity index (χ1n) is 16.9. The number of pyridine rings is 3. The van der Waals surface area contributed by atoms with Crippen LogP contribution in [0.25, 0.3) is 74.3 Å². The van der Waals surface area contributed by atoms with Gasteiger partial charge >= 0.3 is 0 Å². The Labute approximate surface area is 279 Å². The molecule has 4 aromatic heterocycles. The average Bonchev–Trinajstić information content (AvgIpc) is 3.45. The van der Waals surface area contributed by atoms with Gasteiger partial charge in [-0.1, -0.05) is 116 Å². The van der Waals surface area contributed by atoms with Crippen LogP contribution in [0.2, 0.25) is 0 Å². The highest BCUT2D eigenvalue weighted by molar-refractivity contribution is 5.87.